The molecule has 4 aromatic heterocycles. The molecular weight excluding hydrogens is 1130 g/mol. The molecule has 418 valence electrons. The lowest BCUT2D eigenvalue weighted by molar-refractivity contribution is 0.397. The Labute approximate surface area is 510 Å². The Morgan fingerprint density at radius 2 is 0.800 bits per heavy atom. The second-order valence-corrected chi connectivity index (χ2v) is 30.4. The van der Waals surface area contributed by atoms with Crippen molar-refractivity contribution in [1.82, 2.24) is 17.5 Å². The molecule has 0 aliphatic heterocycles. The number of unbranched alkanes of at least 4 members (excludes halogenated alkanes) is 12. The fourth-order valence-electron chi connectivity index (χ4n) is 14.9. The van der Waals surface area contributed by atoms with Gasteiger partial charge in [-0.15, -0.1) is 69.7 Å². The van der Waals surface area contributed by atoms with E-state index >= 15 is 0 Å². The summed E-state index contributed by atoms with van der Waals surface area (Å²) in [5.74, 6) is 0. The van der Waals surface area contributed by atoms with Crippen molar-refractivity contribution in [3.8, 4) is 53.6 Å². The molecule has 8 aromatic rings. The highest BCUT2D eigenvalue weighted by Gasteiger charge is 2.50. The molecule has 4 heterocycles. The molecule has 0 fully saturated rings. The van der Waals surface area contributed by atoms with E-state index < -0.39 is 0 Å². The van der Waals surface area contributed by atoms with Gasteiger partial charge in [-0.25, -0.2) is 0 Å². The Balaban J connectivity index is 1.10. The molecule has 4 aliphatic rings. The van der Waals surface area contributed by atoms with Crippen molar-refractivity contribution in [2.45, 2.75) is 181 Å². The van der Waals surface area contributed by atoms with Gasteiger partial charge in [-0.05, 0) is 157 Å². The molecule has 0 radical (unpaired) electrons. The van der Waals surface area contributed by atoms with Crippen LogP contribution in [0.25, 0.3) is 86.8 Å². The zero-order valence-electron chi connectivity index (χ0n) is 48.8. The normalized spacial score (nSPS) is 14.7. The number of hydrogen-bond acceptors (Lipinski definition) is 12. The van der Waals surface area contributed by atoms with Gasteiger partial charge in [0, 0.05) is 88.9 Å². The summed E-state index contributed by atoms with van der Waals surface area (Å²) in [6, 6.07) is 20.9. The first-order valence-electron chi connectivity index (χ1n) is 30.0. The zero-order chi connectivity index (χ0) is 55.5. The third-order valence-corrected chi connectivity index (χ3v) is 26.2. The van der Waals surface area contributed by atoms with Gasteiger partial charge in [-0.2, -0.15) is 17.5 Å². The average Bonchev–Trinajstić information content (AvgIpc) is 4.55. The maximum atomic E-state index is 5.48. The number of thioether (sulfide) groups is 4. The van der Waals surface area contributed by atoms with Gasteiger partial charge < -0.3 is 0 Å². The molecule has 0 saturated carbocycles. The van der Waals surface area contributed by atoms with E-state index in [1.807, 2.05) is 69.7 Å². The second kappa shape index (κ2) is 24.0. The van der Waals surface area contributed by atoms with E-state index in [2.05, 4.69) is 115 Å². The molecule has 0 unspecified atom stereocenters. The average molecular weight is 1210 g/mol. The first-order valence-corrected chi connectivity index (χ1v) is 38.0. The number of aromatic nitrogens is 4. The van der Waals surface area contributed by atoms with Gasteiger partial charge in [0.25, 0.3) is 0 Å². The summed E-state index contributed by atoms with van der Waals surface area (Å²) >= 11 is 14.3. The molecule has 4 aromatic carbocycles. The third-order valence-electron chi connectivity index (χ3n) is 18.6. The molecule has 12 rings (SSSR count). The summed E-state index contributed by atoms with van der Waals surface area (Å²) in [6.07, 6.45) is 33.6. The Morgan fingerprint density at radius 1 is 0.388 bits per heavy atom. The van der Waals surface area contributed by atoms with Gasteiger partial charge in [0.2, 0.25) is 0 Å². The smallest absolute Gasteiger partial charge is 0.114 e. The molecule has 4 nitrogen and oxygen atoms in total. The van der Waals surface area contributed by atoms with Crippen molar-refractivity contribution in [3.05, 3.63) is 112 Å². The lowest BCUT2D eigenvalue weighted by atomic mass is 9.68. The van der Waals surface area contributed by atoms with Gasteiger partial charge in [-0.1, -0.05) is 136 Å². The summed E-state index contributed by atoms with van der Waals surface area (Å²) in [5.41, 5.74) is 29.6. The third kappa shape index (κ3) is 9.34. The first kappa shape index (κ1) is 57.2. The van der Waals surface area contributed by atoms with E-state index in [9.17, 15) is 0 Å². The largest absolute Gasteiger partial charge is 0.173 e. The Bertz CT molecular complexity index is 3690. The predicted molar refractivity (Wildman–Crippen MR) is 363 cm³/mol. The fraction of sp³-hybridized carbons (Fsp3) is 0.471. The summed E-state index contributed by atoms with van der Waals surface area (Å²) in [5, 5.41) is 0. The summed E-state index contributed by atoms with van der Waals surface area (Å²) < 4.78 is 23.9. The molecule has 4 aliphatic carbocycles. The molecule has 0 N–H and O–H groups in total. The van der Waals surface area contributed by atoms with Crippen molar-refractivity contribution in [1.29, 1.82) is 0 Å². The van der Waals surface area contributed by atoms with Crippen LogP contribution in [0.5, 0.6) is 0 Å². The Hall–Kier alpha value is -3.20. The highest BCUT2D eigenvalue weighted by molar-refractivity contribution is 8.22. The highest BCUT2D eigenvalue weighted by atomic mass is 32.2. The zero-order valence-corrected chi connectivity index (χ0v) is 55.3. The van der Waals surface area contributed by atoms with E-state index in [0.29, 0.717) is 0 Å². The number of benzene rings is 4. The van der Waals surface area contributed by atoms with E-state index in [-0.39, 0.29) is 10.8 Å². The van der Waals surface area contributed by atoms with Crippen LogP contribution in [0.2, 0.25) is 0 Å². The van der Waals surface area contributed by atoms with Gasteiger partial charge in [0.1, 0.15) is 22.1 Å². The summed E-state index contributed by atoms with van der Waals surface area (Å²) in [4.78, 5) is 5.50. The van der Waals surface area contributed by atoms with Crippen LogP contribution in [0.15, 0.2) is 57.0 Å². The van der Waals surface area contributed by atoms with Crippen molar-refractivity contribution in [2.75, 3.05) is 25.0 Å². The molecule has 12 heteroatoms. The number of thiophene rings is 2. The second-order valence-electron chi connectivity index (χ2n) is 23.3. The molecule has 80 heavy (non-hydrogen) atoms. The summed E-state index contributed by atoms with van der Waals surface area (Å²) in [6.45, 7) is 14.0. The molecule has 0 bridgehead atoms. The van der Waals surface area contributed by atoms with Crippen LogP contribution in [0, 0.1) is 13.8 Å². The minimum atomic E-state index is -0.165. The topological polar surface area (TPSA) is 51.6 Å². The standard InChI is InChI=1S/C68H78N4S8/c1-11-15-19-23-27-67(28-24-20-16-12-2)50-36-46-51(35-45(50)57-52(67)31-39(5)59-61(57)71-79-69-59)68(29-25-21-17-13-3,30-26-22-18-14-4)53-37-47(60-62(58(46)53)72-80-70-60)54-38-49-56(66(75-9)76-10)42-33-43-41(34-44(42)64(49)78-54)55(65(73-7)74-8)48-32-40(6)77-63(43)48/h31-38H,11-30H2,1-10H3. The molecule has 0 saturated heterocycles. The quantitative estimate of drug-likeness (QED) is 0.0525. The summed E-state index contributed by atoms with van der Waals surface area (Å²) in [7, 11) is 0. The van der Waals surface area contributed by atoms with E-state index in [1.54, 1.807) is 5.56 Å². The van der Waals surface area contributed by atoms with Crippen LogP contribution in [-0.2, 0) is 10.8 Å². The van der Waals surface area contributed by atoms with Crippen LogP contribution in [0.4, 0.5) is 0 Å². The fourth-order valence-corrected chi connectivity index (χ4v) is 21.3. The number of nitrogens with zero attached hydrogens (tertiary/aromatic N) is 4. The number of aryl methyl sites for hydroxylation is 2. The monoisotopic (exact) mass is 1210 g/mol. The van der Waals surface area contributed by atoms with Crippen LogP contribution in [-0.4, -0.2) is 42.5 Å². The maximum absolute atomic E-state index is 5.48. The van der Waals surface area contributed by atoms with Gasteiger partial charge in [0.05, 0.1) is 23.5 Å². The number of rotatable bonds is 25. The van der Waals surface area contributed by atoms with Gasteiger partial charge >= 0.3 is 0 Å². The van der Waals surface area contributed by atoms with Crippen molar-refractivity contribution in [2.24, 2.45) is 0 Å². The minimum Gasteiger partial charge on any atom is -0.173 e. The lowest BCUT2D eigenvalue weighted by Gasteiger charge is -2.35. The van der Waals surface area contributed by atoms with Crippen molar-refractivity contribution >= 4 is 126 Å². The predicted octanol–water partition coefficient (Wildman–Crippen LogP) is 23.4. The number of fused-ring (bicyclic) bond motifs is 16. The molecular formula is C68H78N4S8. The molecule has 0 atom stereocenters. The van der Waals surface area contributed by atoms with Crippen LogP contribution in [0.1, 0.15) is 211 Å². The highest BCUT2D eigenvalue weighted by Crippen LogP contribution is 2.65. The van der Waals surface area contributed by atoms with E-state index in [0.717, 1.165) is 34.9 Å². The van der Waals surface area contributed by atoms with E-state index in [4.69, 9.17) is 17.5 Å². The number of hydrogen-bond donors (Lipinski definition) is 0. The minimum absolute atomic E-state index is 0.0874. The Kier molecular flexibility index (Phi) is 17.2. The van der Waals surface area contributed by atoms with Crippen LogP contribution >= 0.6 is 93.2 Å². The van der Waals surface area contributed by atoms with Crippen molar-refractivity contribution in [3.63, 3.8) is 0 Å². The maximum Gasteiger partial charge on any atom is 0.114 e. The SMILES string of the molecule is CCCCCCC1(CCCCCC)c2cc3c(cc2-c2c1cc(C)c1nsnc21)C(CCCCCC)(CCCCCC)c1cc(-c2cc4c(s2)-c2cc5c(cc2C4=C(SC)SC)-c2sc(C)cc2C5=C(SC)SC)c2nsnc2c1-3. The molecule has 0 spiro atoms. The van der Waals surface area contributed by atoms with Gasteiger partial charge in [0.15, 0.2) is 0 Å². The molecule has 0 amide bonds. The Morgan fingerprint density at radius 3 is 1.27 bits per heavy atom. The van der Waals surface area contributed by atoms with Gasteiger partial charge in [-0.3, -0.25) is 0 Å². The first-order chi connectivity index (χ1) is 39.1. The van der Waals surface area contributed by atoms with Crippen LogP contribution in [0.3, 0.4) is 0 Å². The van der Waals surface area contributed by atoms with Crippen LogP contribution < -0.4 is 0 Å². The van der Waals surface area contributed by atoms with Crippen molar-refractivity contribution < 1.29 is 0 Å². The van der Waals surface area contributed by atoms with E-state index in [1.165, 1.54) is 262 Å². The lowest BCUT2D eigenvalue weighted by Crippen LogP contribution is -2.27.